The number of anilines is 1. The molecule has 0 atom stereocenters. The van der Waals surface area contributed by atoms with Crippen molar-refractivity contribution in [2.75, 3.05) is 5.32 Å². The molecule has 4 aromatic rings. The maximum Gasteiger partial charge on any atom is 0.256 e. The van der Waals surface area contributed by atoms with E-state index in [9.17, 15) is 9.18 Å². The van der Waals surface area contributed by atoms with Gasteiger partial charge >= 0.3 is 0 Å². The summed E-state index contributed by atoms with van der Waals surface area (Å²) < 4.78 is 17.8. The molecule has 6 nitrogen and oxygen atoms in total. The van der Waals surface area contributed by atoms with Gasteiger partial charge in [-0.15, -0.1) is 0 Å². The van der Waals surface area contributed by atoms with Crippen LogP contribution in [0.2, 0.25) is 0 Å². The van der Waals surface area contributed by atoms with Crippen LogP contribution in [0.25, 0.3) is 0 Å². The molecule has 0 radical (unpaired) electrons. The molecule has 146 valence electrons. The lowest BCUT2D eigenvalue weighted by atomic mass is 10.1. The van der Waals surface area contributed by atoms with E-state index in [1.807, 2.05) is 30.5 Å². The monoisotopic (exact) mass is 453 g/mol. The van der Waals surface area contributed by atoms with Crippen molar-refractivity contribution < 1.29 is 9.18 Å². The van der Waals surface area contributed by atoms with E-state index in [2.05, 4.69) is 31.4 Å². The molecule has 0 fully saturated rings. The highest BCUT2D eigenvalue weighted by Crippen LogP contribution is 2.22. The number of halogens is 2. The number of hydrogen-bond donors (Lipinski definition) is 1. The molecule has 2 aromatic carbocycles. The summed E-state index contributed by atoms with van der Waals surface area (Å²) in [4.78, 5) is 12.7. The van der Waals surface area contributed by atoms with Crippen molar-refractivity contribution >= 4 is 27.7 Å². The Kier molecular flexibility index (Phi) is 5.53. The van der Waals surface area contributed by atoms with Crippen LogP contribution >= 0.6 is 15.9 Å². The zero-order valence-corrected chi connectivity index (χ0v) is 16.9. The van der Waals surface area contributed by atoms with Crippen molar-refractivity contribution in [1.82, 2.24) is 19.6 Å². The average molecular weight is 454 g/mol. The Labute approximate surface area is 175 Å². The summed E-state index contributed by atoms with van der Waals surface area (Å²) in [7, 11) is 0. The van der Waals surface area contributed by atoms with Gasteiger partial charge in [0.05, 0.1) is 17.6 Å². The number of rotatable bonds is 6. The van der Waals surface area contributed by atoms with Crippen LogP contribution in [-0.4, -0.2) is 25.5 Å². The Morgan fingerprint density at radius 1 is 1.07 bits per heavy atom. The fraction of sp³-hybridized carbons (Fsp3) is 0.0952. The molecule has 2 aromatic heterocycles. The highest BCUT2D eigenvalue weighted by Gasteiger charge is 2.13. The first-order valence-corrected chi connectivity index (χ1v) is 9.72. The second kappa shape index (κ2) is 8.40. The van der Waals surface area contributed by atoms with E-state index >= 15 is 0 Å². The minimum Gasteiger partial charge on any atom is -0.304 e. The molecular weight excluding hydrogens is 437 g/mol. The number of amides is 1. The Hall–Kier alpha value is -3.26. The van der Waals surface area contributed by atoms with E-state index in [4.69, 9.17) is 0 Å². The molecule has 1 amide bonds. The molecule has 0 unspecified atom stereocenters. The summed E-state index contributed by atoms with van der Waals surface area (Å²) in [5.74, 6) is -0.188. The number of nitrogens with zero attached hydrogens (tertiary/aromatic N) is 4. The van der Waals surface area contributed by atoms with Crippen LogP contribution in [0.3, 0.4) is 0 Å². The normalized spacial score (nSPS) is 10.8. The van der Waals surface area contributed by atoms with Crippen LogP contribution in [0, 0.1) is 5.82 Å². The largest absolute Gasteiger partial charge is 0.304 e. The summed E-state index contributed by atoms with van der Waals surface area (Å²) in [5, 5.41) is 11.3. The molecule has 0 aliphatic heterocycles. The molecule has 0 aliphatic rings. The van der Waals surface area contributed by atoms with E-state index < -0.39 is 0 Å². The molecule has 0 bridgehead atoms. The predicted octanol–water partition coefficient (Wildman–Crippen LogP) is 4.33. The summed E-state index contributed by atoms with van der Waals surface area (Å²) in [6.45, 7) is 0.843. The summed E-state index contributed by atoms with van der Waals surface area (Å²) >= 11 is 3.40. The van der Waals surface area contributed by atoms with Crippen LogP contribution in [0.15, 0.2) is 77.7 Å². The van der Waals surface area contributed by atoms with Gasteiger partial charge in [-0.3, -0.25) is 14.2 Å². The van der Waals surface area contributed by atoms with Crippen molar-refractivity contribution in [2.45, 2.75) is 13.1 Å². The minimum absolute atomic E-state index is 0.264. The standard InChI is InChI=1S/C21H17BrFN5O/c22-18-14-28(13-17-6-1-2-8-19(17)23)26-20(18)25-21(29)16-7-3-5-15(11-16)12-27-10-4-9-24-27/h1-11,14H,12-13H2,(H,25,26,29). The lowest BCUT2D eigenvalue weighted by molar-refractivity contribution is 0.102. The number of aromatic nitrogens is 4. The lowest BCUT2D eigenvalue weighted by Gasteiger charge is -2.06. The van der Waals surface area contributed by atoms with E-state index in [1.54, 1.807) is 46.0 Å². The van der Waals surface area contributed by atoms with Gasteiger partial charge in [0.25, 0.3) is 5.91 Å². The highest BCUT2D eigenvalue weighted by molar-refractivity contribution is 9.10. The van der Waals surface area contributed by atoms with Gasteiger partial charge in [-0.1, -0.05) is 30.3 Å². The molecule has 1 N–H and O–H groups in total. The van der Waals surface area contributed by atoms with E-state index in [0.29, 0.717) is 28.0 Å². The Morgan fingerprint density at radius 3 is 2.72 bits per heavy atom. The van der Waals surface area contributed by atoms with Crippen molar-refractivity contribution in [3.05, 3.63) is 100 Å². The zero-order valence-electron chi connectivity index (χ0n) is 15.3. The number of hydrogen-bond acceptors (Lipinski definition) is 3. The Bertz CT molecular complexity index is 1140. The number of benzene rings is 2. The van der Waals surface area contributed by atoms with Crippen LogP contribution in [0.1, 0.15) is 21.5 Å². The first-order valence-electron chi connectivity index (χ1n) is 8.92. The van der Waals surface area contributed by atoms with Crippen LogP contribution < -0.4 is 5.32 Å². The van der Waals surface area contributed by atoms with Crippen molar-refractivity contribution in [3.8, 4) is 0 Å². The first kappa shape index (κ1) is 19.1. The van der Waals surface area contributed by atoms with Crippen LogP contribution in [0.4, 0.5) is 10.2 Å². The quantitative estimate of drug-likeness (QED) is 0.472. The van der Waals surface area contributed by atoms with Crippen molar-refractivity contribution in [1.29, 1.82) is 0 Å². The third kappa shape index (κ3) is 4.60. The Morgan fingerprint density at radius 2 is 1.93 bits per heavy atom. The first-order chi connectivity index (χ1) is 14.1. The Balaban J connectivity index is 1.47. The molecule has 29 heavy (non-hydrogen) atoms. The molecule has 2 heterocycles. The predicted molar refractivity (Wildman–Crippen MR) is 111 cm³/mol. The second-order valence-electron chi connectivity index (χ2n) is 6.47. The zero-order chi connectivity index (χ0) is 20.2. The van der Waals surface area contributed by atoms with Gasteiger partial charge in [-0.2, -0.15) is 10.2 Å². The molecule has 0 aliphatic carbocycles. The molecular formula is C21H17BrFN5O. The van der Waals surface area contributed by atoms with Crippen LogP contribution in [0.5, 0.6) is 0 Å². The van der Waals surface area contributed by atoms with Crippen molar-refractivity contribution in [3.63, 3.8) is 0 Å². The average Bonchev–Trinajstić information content (AvgIpc) is 3.34. The van der Waals surface area contributed by atoms with Gasteiger partial charge in [-0.05, 0) is 45.8 Å². The number of carbonyl (C=O) groups excluding carboxylic acids is 1. The van der Waals surface area contributed by atoms with Gasteiger partial charge in [0.1, 0.15) is 5.82 Å². The van der Waals surface area contributed by atoms with Gasteiger partial charge in [0.15, 0.2) is 5.82 Å². The molecule has 4 rings (SSSR count). The summed E-state index contributed by atoms with van der Waals surface area (Å²) in [6.07, 6.45) is 5.29. The highest BCUT2D eigenvalue weighted by atomic mass is 79.9. The fourth-order valence-corrected chi connectivity index (χ4v) is 3.35. The number of carbonyl (C=O) groups is 1. The topological polar surface area (TPSA) is 64.7 Å². The lowest BCUT2D eigenvalue weighted by Crippen LogP contribution is -2.14. The minimum atomic E-state index is -0.293. The smallest absolute Gasteiger partial charge is 0.256 e. The fourth-order valence-electron chi connectivity index (χ4n) is 2.94. The van der Waals surface area contributed by atoms with Crippen LogP contribution in [-0.2, 0) is 13.1 Å². The van der Waals surface area contributed by atoms with Gasteiger partial charge in [-0.25, -0.2) is 4.39 Å². The molecule has 0 saturated heterocycles. The SMILES string of the molecule is O=C(Nc1nn(Cc2ccccc2F)cc1Br)c1cccc(Cn2cccn2)c1. The second-order valence-corrected chi connectivity index (χ2v) is 7.33. The van der Waals surface area contributed by atoms with Gasteiger partial charge in [0, 0.05) is 29.7 Å². The summed E-state index contributed by atoms with van der Waals surface area (Å²) in [6, 6.07) is 15.7. The summed E-state index contributed by atoms with van der Waals surface area (Å²) in [5.41, 5.74) is 2.00. The third-order valence-corrected chi connectivity index (χ3v) is 4.91. The third-order valence-electron chi connectivity index (χ3n) is 4.33. The van der Waals surface area contributed by atoms with E-state index in [-0.39, 0.29) is 18.3 Å². The van der Waals surface area contributed by atoms with E-state index in [1.165, 1.54) is 6.07 Å². The van der Waals surface area contributed by atoms with Gasteiger partial charge < -0.3 is 5.32 Å². The molecule has 8 heteroatoms. The maximum atomic E-state index is 13.9. The van der Waals surface area contributed by atoms with Gasteiger partial charge in [0.2, 0.25) is 0 Å². The number of nitrogens with one attached hydrogen (secondary N) is 1. The van der Waals surface area contributed by atoms with Crippen molar-refractivity contribution in [2.24, 2.45) is 0 Å². The van der Waals surface area contributed by atoms with E-state index in [0.717, 1.165) is 5.56 Å². The maximum absolute atomic E-state index is 13.9. The molecule has 0 spiro atoms. The molecule has 0 saturated carbocycles.